The molecule has 1 atom stereocenters. The standard InChI is InChI=1S/C16H23NO2/c1-2-3-5-13-7-9-14(10-8-13)16(19)17-11-4-6-15(17)12-18/h7-10,15,18H,2-6,11-12H2,1H3. The number of aliphatic hydroxyl groups excluding tert-OH is 1. The van der Waals surface area contributed by atoms with E-state index in [4.69, 9.17) is 0 Å². The van der Waals surface area contributed by atoms with Crippen LogP contribution in [0.25, 0.3) is 0 Å². The molecule has 104 valence electrons. The first-order valence-corrected chi connectivity index (χ1v) is 7.27. The van der Waals surface area contributed by atoms with Crippen LogP contribution in [0.5, 0.6) is 0 Å². The second-order valence-corrected chi connectivity index (χ2v) is 5.28. The van der Waals surface area contributed by atoms with Crippen LogP contribution in [0.15, 0.2) is 24.3 Å². The Morgan fingerprint density at radius 2 is 2.11 bits per heavy atom. The van der Waals surface area contributed by atoms with E-state index in [0.717, 1.165) is 31.4 Å². The van der Waals surface area contributed by atoms with Crippen LogP contribution >= 0.6 is 0 Å². The summed E-state index contributed by atoms with van der Waals surface area (Å²) in [6.45, 7) is 3.02. The molecule has 0 spiro atoms. The summed E-state index contributed by atoms with van der Waals surface area (Å²) in [4.78, 5) is 14.2. The minimum atomic E-state index is 0.00673. The smallest absolute Gasteiger partial charge is 0.254 e. The maximum absolute atomic E-state index is 12.4. The van der Waals surface area contributed by atoms with Crippen LogP contribution in [0.1, 0.15) is 48.5 Å². The number of hydrogen-bond donors (Lipinski definition) is 1. The van der Waals surface area contributed by atoms with E-state index >= 15 is 0 Å². The van der Waals surface area contributed by atoms with Gasteiger partial charge in [-0.2, -0.15) is 0 Å². The monoisotopic (exact) mass is 261 g/mol. The Kier molecular flexibility index (Phi) is 4.97. The first-order valence-electron chi connectivity index (χ1n) is 7.27. The van der Waals surface area contributed by atoms with Crippen molar-refractivity contribution < 1.29 is 9.90 Å². The van der Waals surface area contributed by atoms with E-state index in [1.807, 2.05) is 24.3 Å². The van der Waals surface area contributed by atoms with Crippen LogP contribution < -0.4 is 0 Å². The predicted molar refractivity (Wildman–Crippen MR) is 76.2 cm³/mol. The molecule has 2 rings (SSSR count). The number of unbranched alkanes of at least 4 members (excludes halogenated alkanes) is 1. The molecule has 0 saturated carbocycles. The van der Waals surface area contributed by atoms with Crippen molar-refractivity contribution in [3.05, 3.63) is 35.4 Å². The van der Waals surface area contributed by atoms with Gasteiger partial charge in [-0.25, -0.2) is 0 Å². The maximum Gasteiger partial charge on any atom is 0.254 e. The van der Waals surface area contributed by atoms with Crippen molar-refractivity contribution in [2.24, 2.45) is 0 Å². The van der Waals surface area contributed by atoms with Crippen molar-refractivity contribution in [1.82, 2.24) is 4.90 Å². The van der Waals surface area contributed by atoms with Gasteiger partial charge in [0.1, 0.15) is 0 Å². The highest BCUT2D eigenvalue weighted by atomic mass is 16.3. The van der Waals surface area contributed by atoms with Crippen LogP contribution in [-0.2, 0) is 6.42 Å². The average molecular weight is 261 g/mol. The molecule has 1 aliphatic heterocycles. The molecule has 1 N–H and O–H groups in total. The Bertz CT molecular complexity index is 413. The fraction of sp³-hybridized carbons (Fsp3) is 0.562. The lowest BCUT2D eigenvalue weighted by Gasteiger charge is -2.23. The molecular weight excluding hydrogens is 238 g/mol. The van der Waals surface area contributed by atoms with E-state index < -0.39 is 0 Å². The molecule has 19 heavy (non-hydrogen) atoms. The summed E-state index contributed by atoms with van der Waals surface area (Å²) >= 11 is 0. The van der Waals surface area contributed by atoms with Gasteiger partial charge in [-0.3, -0.25) is 4.79 Å². The van der Waals surface area contributed by atoms with Crippen LogP contribution in [0.2, 0.25) is 0 Å². The number of carbonyl (C=O) groups excluding carboxylic acids is 1. The van der Waals surface area contributed by atoms with E-state index in [2.05, 4.69) is 6.92 Å². The molecule has 0 radical (unpaired) electrons. The quantitative estimate of drug-likeness (QED) is 0.885. The van der Waals surface area contributed by atoms with Crippen molar-refractivity contribution in [3.63, 3.8) is 0 Å². The lowest BCUT2D eigenvalue weighted by atomic mass is 10.1. The minimum Gasteiger partial charge on any atom is -0.394 e. The number of benzene rings is 1. The molecule has 3 heteroatoms. The van der Waals surface area contributed by atoms with Crippen LogP contribution in [-0.4, -0.2) is 35.1 Å². The number of amides is 1. The van der Waals surface area contributed by atoms with E-state index in [9.17, 15) is 9.90 Å². The number of hydrogen-bond acceptors (Lipinski definition) is 2. The zero-order chi connectivity index (χ0) is 13.7. The van der Waals surface area contributed by atoms with E-state index in [1.54, 1.807) is 4.90 Å². The summed E-state index contributed by atoms with van der Waals surface area (Å²) in [5, 5.41) is 9.28. The van der Waals surface area contributed by atoms with Gasteiger partial charge in [-0.1, -0.05) is 25.5 Å². The fourth-order valence-corrected chi connectivity index (χ4v) is 2.65. The van der Waals surface area contributed by atoms with Gasteiger partial charge in [0, 0.05) is 12.1 Å². The zero-order valence-corrected chi connectivity index (χ0v) is 11.6. The number of rotatable bonds is 5. The number of aryl methyl sites for hydroxylation is 1. The highest BCUT2D eigenvalue weighted by Crippen LogP contribution is 2.20. The van der Waals surface area contributed by atoms with Gasteiger partial charge >= 0.3 is 0 Å². The van der Waals surface area contributed by atoms with Crippen LogP contribution in [0.4, 0.5) is 0 Å². The second kappa shape index (κ2) is 6.71. The summed E-state index contributed by atoms with van der Waals surface area (Å²) in [7, 11) is 0. The first-order chi connectivity index (χ1) is 9.26. The molecule has 1 fully saturated rings. The van der Waals surface area contributed by atoms with Crippen molar-refractivity contribution in [2.75, 3.05) is 13.2 Å². The third-order valence-corrected chi connectivity index (χ3v) is 3.87. The topological polar surface area (TPSA) is 40.5 Å². The summed E-state index contributed by atoms with van der Waals surface area (Å²) in [6.07, 6.45) is 5.36. The van der Waals surface area contributed by atoms with Gasteiger partial charge < -0.3 is 10.0 Å². The molecule has 1 aromatic rings. The number of likely N-dealkylation sites (tertiary alicyclic amines) is 1. The third kappa shape index (κ3) is 3.35. The molecule has 1 saturated heterocycles. The largest absolute Gasteiger partial charge is 0.394 e. The second-order valence-electron chi connectivity index (χ2n) is 5.28. The molecule has 0 aliphatic carbocycles. The summed E-state index contributed by atoms with van der Waals surface area (Å²) in [6, 6.07) is 7.94. The maximum atomic E-state index is 12.4. The lowest BCUT2D eigenvalue weighted by molar-refractivity contribution is 0.0677. The Morgan fingerprint density at radius 1 is 1.37 bits per heavy atom. The predicted octanol–water partition coefficient (Wildman–Crippen LogP) is 2.63. The Morgan fingerprint density at radius 3 is 2.74 bits per heavy atom. The number of carbonyl (C=O) groups is 1. The molecule has 0 bridgehead atoms. The average Bonchev–Trinajstić information content (AvgIpc) is 2.93. The first kappa shape index (κ1) is 14.1. The van der Waals surface area contributed by atoms with Crippen molar-refractivity contribution in [2.45, 2.75) is 45.1 Å². The SMILES string of the molecule is CCCCc1ccc(C(=O)N2CCCC2CO)cc1. The number of aliphatic hydroxyl groups is 1. The van der Waals surface area contributed by atoms with Crippen LogP contribution in [0.3, 0.4) is 0 Å². The molecule has 1 heterocycles. The number of nitrogens with zero attached hydrogens (tertiary/aromatic N) is 1. The van der Waals surface area contributed by atoms with Gasteiger partial charge in [0.05, 0.1) is 12.6 Å². The zero-order valence-electron chi connectivity index (χ0n) is 11.6. The molecule has 1 unspecified atom stereocenters. The highest BCUT2D eigenvalue weighted by Gasteiger charge is 2.28. The molecular formula is C16H23NO2. The molecule has 1 amide bonds. The lowest BCUT2D eigenvalue weighted by Crippen LogP contribution is -2.37. The fourth-order valence-electron chi connectivity index (χ4n) is 2.65. The summed E-state index contributed by atoms with van der Waals surface area (Å²) in [5.74, 6) is 0.0543. The molecule has 1 aromatic carbocycles. The van der Waals surface area contributed by atoms with E-state index in [0.29, 0.717) is 0 Å². The van der Waals surface area contributed by atoms with Gasteiger partial charge in [0.15, 0.2) is 0 Å². The summed E-state index contributed by atoms with van der Waals surface area (Å²) in [5.41, 5.74) is 2.03. The Balaban J connectivity index is 2.03. The van der Waals surface area contributed by atoms with Gasteiger partial charge in [0.25, 0.3) is 5.91 Å². The Labute approximate surface area is 115 Å². The van der Waals surface area contributed by atoms with E-state index in [1.165, 1.54) is 18.4 Å². The molecule has 3 nitrogen and oxygen atoms in total. The van der Waals surface area contributed by atoms with Gasteiger partial charge in [-0.05, 0) is 43.4 Å². The van der Waals surface area contributed by atoms with E-state index in [-0.39, 0.29) is 18.6 Å². The molecule has 0 aromatic heterocycles. The summed E-state index contributed by atoms with van der Waals surface area (Å²) < 4.78 is 0. The minimum absolute atomic E-state index is 0.00673. The van der Waals surface area contributed by atoms with Crippen molar-refractivity contribution >= 4 is 5.91 Å². The third-order valence-electron chi connectivity index (χ3n) is 3.87. The van der Waals surface area contributed by atoms with Gasteiger partial charge in [0.2, 0.25) is 0 Å². The van der Waals surface area contributed by atoms with Crippen molar-refractivity contribution in [1.29, 1.82) is 0 Å². The van der Waals surface area contributed by atoms with Crippen molar-refractivity contribution in [3.8, 4) is 0 Å². The van der Waals surface area contributed by atoms with Crippen LogP contribution in [0, 0.1) is 0 Å². The highest BCUT2D eigenvalue weighted by molar-refractivity contribution is 5.94. The molecule has 1 aliphatic rings. The normalized spacial score (nSPS) is 18.8. The van der Waals surface area contributed by atoms with Gasteiger partial charge in [-0.15, -0.1) is 0 Å². The Hall–Kier alpha value is -1.35.